The van der Waals surface area contributed by atoms with E-state index in [0.29, 0.717) is 10.9 Å². The summed E-state index contributed by atoms with van der Waals surface area (Å²) in [6.07, 6.45) is 1.03. The Morgan fingerprint density at radius 1 is 1.19 bits per heavy atom. The van der Waals surface area contributed by atoms with Crippen molar-refractivity contribution in [1.29, 1.82) is 0 Å². The minimum absolute atomic E-state index is 0.0715. The van der Waals surface area contributed by atoms with E-state index in [2.05, 4.69) is 55.6 Å². The minimum Gasteiger partial charge on any atom is -0.359 e. The maximum atomic E-state index is 5.31. The fraction of sp³-hybridized carbons (Fsp3) is 0.375. The van der Waals surface area contributed by atoms with Crippen LogP contribution in [0.3, 0.4) is 0 Å². The molecule has 0 amide bonds. The molecule has 0 saturated heterocycles. The maximum absolute atomic E-state index is 5.31. The highest BCUT2D eigenvalue weighted by atomic mass is 32.1. The molecule has 21 heavy (non-hydrogen) atoms. The lowest BCUT2D eigenvalue weighted by molar-refractivity contribution is 0.331. The van der Waals surface area contributed by atoms with Crippen molar-refractivity contribution in [1.82, 2.24) is 5.16 Å². The van der Waals surface area contributed by atoms with Crippen LogP contribution in [0.25, 0.3) is 0 Å². The third-order valence-corrected chi connectivity index (χ3v) is 3.32. The van der Waals surface area contributed by atoms with Crippen molar-refractivity contribution in [3.63, 3.8) is 0 Å². The zero-order valence-corrected chi connectivity index (χ0v) is 13.7. The summed E-state index contributed by atoms with van der Waals surface area (Å²) in [6, 6.07) is 10.1. The number of nitrogens with zero attached hydrogens (tertiary/aromatic N) is 1. The fourth-order valence-electron chi connectivity index (χ4n) is 1.79. The van der Waals surface area contributed by atoms with Crippen LogP contribution in [0.15, 0.2) is 34.9 Å². The third kappa shape index (κ3) is 4.29. The Kier molecular flexibility index (Phi) is 4.63. The molecule has 0 radical (unpaired) electrons. The number of benzene rings is 1. The van der Waals surface area contributed by atoms with Gasteiger partial charge in [-0.2, -0.15) is 0 Å². The summed E-state index contributed by atoms with van der Waals surface area (Å²) in [6.45, 7) is 8.35. The second-order valence-electron chi connectivity index (χ2n) is 5.96. The van der Waals surface area contributed by atoms with E-state index >= 15 is 0 Å². The lowest BCUT2D eigenvalue weighted by Crippen LogP contribution is -2.19. The summed E-state index contributed by atoms with van der Waals surface area (Å²) < 4.78 is 5.31. The van der Waals surface area contributed by atoms with Crippen molar-refractivity contribution in [3.05, 3.63) is 41.7 Å². The average molecular weight is 303 g/mol. The third-order valence-electron chi connectivity index (χ3n) is 3.11. The molecule has 1 aromatic heterocycles. The highest BCUT2D eigenvalue weighted by molar-refractivity contribution is 7.80. The van der Waals surface area contributed by atoms with Gasteiger partial charge in [0, 0.05) is 17.2 Å². The number of nitrogens with one attached hydrogen (secondary N) is 2. The van der Waals surface area contributed by atoms with Gasteiger partial charge in [0.25, 0.3) is 0 Å². The Labute approximate surface area is 130 Å². The first-order valence-corrected chi connectivity index (χ1v) is 7.43. The molecule has 0 saturated carbocycles. The number of hydrogen-bond acceptors (Lipinski definition) is 3. The first-order chi connectivity index (χ1) is 9.88. The summed E-state index contributed by atoms with van der Waals surface area (Å²) in [4.78, 5) is 0. The molecule has 0 unspecified atom stereocenters. The molecule has 112 valence electrons. The molecule has 2 N–H and O–H groups in total. The molecular weight excluding hydrogens is 282 g/mol. The highest BCUT2D eigenvalue weighted by Crippen LogP contribution is 2.24. The van der Waals surface area contributed by atoms with E-state index < -0.39 is 0 Å². The van der Waals surface area contributed by atoms with Gasteiger partial charge in [-0.05, 0) is 36.3 Å². The molecule has 0 fully saturated rings. The van der Waals surface area contributed by atoms with Crippen molar-refractivity contribution < 1.29 is 4.52 Å². The van der Waals surface area contributed by atoms with Crippen LogP contribution >= 0.6 is 12.2 Å². The Hall–Kier alpha value is -1.88. The van der Waals surface area contributed by atoms with Crippen LogP contribution in [-0.2, 0) is 11.8 Å². The van der Waals surface area contributed by atoms with Gasteiger partial charge < -0.3 is 15.2 Å². The van der Waals surface area contributed by atoms with Crippen LogP contribution in [0.4, 0.5) is 11.5 Å². The van der Waals surface area contributed by atoms with Gasteiger partial charge >= 0.3 is 0 Å². The predicted molar refractivity (Wildman–Crippen MR) is 90.9 cm³/mol. The summed E-state index contributed by atoms with van der Waals surface area (Å²) in [7, 11) is 0. The second-order valence-corrected chi connectivity index (χ2v) is 6.36. The number of rotatable bonds is 3. The van der Waals surface area contributed by atoms with Gasteiger partial charge in [0.05, 0.1) is 0 Å². The van der Waals surface area contributed by atoms with Gasteiger partial charge in [-0.3, -0.25) is 0 Å². The highest BCUT2D eigenvalue weighted by Gasteiger charge is 2.19. The predicted octanol–water partition coefficient (Wildman–Crippen LogP) is 4.34. The van der Waals surface area contributed by atoms with Gasteiger partial charge in [-0.1, -0.05) is 45.0 Å². The summed E-state index contributed by atoms with van der Waals surface area (Å²) in [5.41, 5.74) is 2.17. The Balaban J connectivity index is 1.96. The van der Waals surface area contributed by atoms with Crippen molar-refractivity contribution >= 4 is 28.8 Å². The molecule has 2 rings (SSSR count). The molecule has 5 heteroatoms. The number of thiocarbonyl (C=S) groups is 1. The smallest absolute Gasteiger partial charge is 0.176 e. The SMILES string of the molecule is CCc1ccc(NC(=S)Nc2cc(C(C)(C)C)on2)cc1. The van der Waals surface area contributed by atoms with E-state index in [-0.39, 0.29) is 5.41 Å². The quantitative estimate of drug-likeness (QED) is 0.826. The van der Waals surface area contributed by atoms with Crippen LogP contribution in [0.1, 0.15) is 39.0 Å². The molecule has 0 aliphatic carbocycles. The van der Waals surface area contributed by atoms with Crippen LogP contribution in [0.5, 0.6) is 0 Å². The van der Waals surface area contributed by atoms with Gasteiger partial charge in [0.2, 0.25) is 0 Å². The monoisotopic (exact) mass is 303 g/mol. The average Bonchev–Trinajstić information content (AvgIpc) is 2.88. The summed E-state index contributed by atoms with van der Waals surface area (Å²) in [5.74, 6) is 1.43. The fourth-order valence-corrected chi connectivity index (χ4v) is 2.01. The van der Waals surface area contributed by atoms with E-state index in [9.17, 15) is 0 Å². The Morgan fingerprint density at radius 3 is 2.38 bits per heavy atom. The lowest BCUT2D eigenvalue weighted by atomic mass is 9.93. The van der Waals surface area contributed by atoms with Crippen molar-refractivity contribution in [2.45, 2.75) is 39.5 Å². The topological polar surface area (TPSA) is 50.1 Å². The molecule has 1 aromatic carbocycles. The Morgan fingerprint density at radius 2 is 1.86 bits per heavy atom. The molecule has 4 nitrogen and oxygen atoms in total. The summed E-state index contributed by atoms with van der Waals surface area (Å²) >= 11 is 5.28. The standard InChI is InChI=1S/C16H21N3OS/c1-5-11-6-8-12(9-7-11)17-15(21)18-14-10-13(20-19-14)16(2,3)4/h6-10H,5H2,1-4H3,(H2,17,18,19,21). The molecule has 0 aliphatic rings. The normalized spacial score (nSPS) is 11.2. The van der Waals surface area contributed by atoms with Crippen LogP contribution < -0.4 is 10.6 Å². The maximum Gasteiger partial charge on any atom is 0.176 e. The molecule has 1 heterocycles. The van der Waals surface area contributed by atoms with Gasteiger partial charge in [0.15, 0.2) is 10.9 Å². The minimum atomic E-state index is -0.0715. The van der Waals surface area contributed by atoms with E-state index in [1.54, 1.807) is 0 Å². The Bertz CT molecular complexity index is 611. The van der Waals surface area contributed by atoms with Crippen molar-refractivity contribution in [2.75, 3.05) is 10.6 Å². The molecule has 0 atom stereocenters. The lowest BCUT2D eigenvalue weighted by Gasteiger charge is -2.12. The van der Waals surface area contributed by atoms with E-state index in [0.717, 1.165) is 17.9 Å². The van der Waals surface area contributed by atoms with E-state index in [1.807, 2.05) is 18.2 Å². The van der Waals surface area contributed by atoms with Crippen LogP contribution in [-0.4, -0.2) is 10.3 Å². The molecule has 2 aromatic rings. The first kappa shape index (κ1) is 15.5. The van der Waals surface area contributed by atoms with Gasteiger partial charge in [-0.25, -0.2) is 0 Å². The van der Waals surface area contributed by atoms with Gasteiger partial charge in [-0.15, -0.1) is 0 Å². The number of aryl methyl sites for hydroxylation is 1. The van der Waals surface area contributed by atoms with E-state index in [1.165, 1.54) is 5.56 Å². The number of anilines is 2. The molecular formula is C16H21N3OS. The summed E-state index contributed by atoms with van der Waals surface area (Å²) in [5, 5.41) is 10.6. The van der Waals surface area contributed by atoms with Crippen molar-refractivity contribution in [2.24, 2.45) is 0 Å². The first-order valence-electron chi connectivity index (χ1n) is 7.02. The molecule has 0 bridgehead atoms. The zero-order chi connectivity index (χ0) is 15.5. The molecule has 0 spiro atoms. The van der Waals surface area contributed by atoms with Gasteiger partial charge in [0.1, 0.15) is 5.76 Å². The second kappa shape index (κ2) is 6.26. The van der Waals surface area contributed by atoms with Crippen LogP contribution in [0.2, 0.25) is 0 Å². The largest absolute Gasteiger partial charge is 0.359 e. The van der Waals surface area contributed by atoms with Crippen LogP contribution in [0, 0.1) is 0 Å². The van der Waals surface area contributed by atoms with Crippen molar-refractivity contribution in [3.8, 4) is 0 Å². The van der Waals surface area contributed by atoms with E-state index in [4.69, 9.17) is 16.7 Å². The number of aromatic nitrogens is 1. The zero-order valence-electron chi connectivity index (χ0n) is 12.9. The molecule has 0 aliphatic heterocycles. The number of hydrogen-bond donors (Lipinski definition) is 2.